The lowest BCUT2D eigenvalue weighted by Crippen LogP contribution is -2.49. The number of hydrogen-bond donors (Lipinski definition) is 2. The van der Waals surface area contributed by atoms with E-state index in [9.17, 15) is 9.59 Å². The molecule has 6 nitrogen and oxygen atoms in total. The fraction of sp³-hybridized carbons (Fsp3) is 0.625. The van der Waals surface area contributed by atoms with Crippen LogP contribution in [0.3, 0.4) is 0 Å². The first kappa shape index (κ1) is 16.4. The van der Waals surface area contributed by atoms with Gasteiger partial charge in [0.2, 0.25) is 0 Å². The summed E-state index contributed by atoms with van der Waals surface area (Å²) in [6.07, 6.45) is 2.94. The molecule has 1 aromatic rings. The van der Waals surface area contributed by atoms with Crippen molar-refractivity contribution < 1.29 is 19.1 Å². The molecule has 1 aliphatic rings. The molecule has 0 aromatic carbocycles. The van der Waals surface area contributed by atoms with E-state index < -0.39 is 11.9 Å². The predicted molar refractivity (Wildman–Crippen MR) is 81.7 cm³/mol. The molecule has 0 spiro atoms. The number of furan rings is 1. The number of carboxylic acid groups (broad SMARTS) is 1. The highest BCUT2D eigenvalue weighted by Gasteiger charge is 2.28. The molecule has 122 valence electrons. The van der Waals surface area contributed by atoms with Crippen molar-refractivity contribution in [2.24, 2.45) is 5.92 Å². The van der Waals surface area contributed by atoms with Crippen LogP contribution >= 0.6 is 0 Å². The molecule has 2 heterocycles. The number of rotatable bonds is 5. The van der Waals surface area contributed by atoms with Crippen molar-refractivity contribution in [2.45, 2.75) is 45.6 Å². The number of hydrogen-bond acceptors (Lipinski definition) is 3. The summed E-state index contributed by atoms with van der Waals surface area (Å²) in [6, 6.07) is 3.72. The molecule has 2 atom stereocenters. The number of piperidine rings is 1. The maximum Gasteiger partial charge on any atom is 0.317 e. The number of carboxylic acids is 1. The van der Waals surface area contributed by atoms with Crippen LogP contribution in [-0.4, -0.2) is 41.1 Å². The molecule has 1 aliphatic heterocycles. The summed E-state index contributed by atoms with van der Waals surface area (Å²) >= 11 is 0. The Balaban J connectivity index is 1.76. The average Bonchev–Trinajstić information content (AvgIpc) is 2.91. The van der Waals surface area contributed by atoms with Crippen LogP contribution in [0.4, 0.5) is 4.79 Å². The Morgan fingerprint density at radius 1 is 1.50 bits per heavy atom. The Bertz CT molecular complexity index is 526. The molecule has 22 heavy (non-hydrogen) atoms. The summed E-state index contributed by atoms with van der Waals surface area (Å²) in [4.78, 5) is 24.8. The lowest BCUT2D eigenvalue weighted by atomic mass is 9.99. The van der Waals surface area contributed by atoms with Gasteiger partial charge < -0.3 is 19.7 Å². The minimum atomic E-state index is -0.821. The SMILES string of the molecule is Cc1ccc(CCC(C)NC(=O)N2CCCC(C(=O)O)C2)o1. The largest absolute Gasteiger partial charge is 0.481 e. The first-order valence-electron chi connectivity index (χ1n) is 7.79. The van der Waals surface area contributed by atoms with Crippen molar-refractivity contribution in [1.29, 1.82) is 0 Å². The molecular weight excluding hydrogens is 284 g/mol. The van der Waals surface area contributed by atoms with Gasteiger partial charge in [0.1, 0.15) is 11.5 Å². The Labute approximate surface area is 130 Å². The number of nitrogens with zero attached hydrogens (tertiary/aromatic N) is 1. The van der Waals surface area contributed by atoms with E-state index in [2.05, 4.69) is 5.32 Å². The second kappa shape index (κ2) is 7.33. The molecule has 1 saturated heterocycles. The average molecular weight is 308 g/mol. The number of urea groups is 1. The first-order chi connectivity index (χ1) is 10.5. The number of nitrogens with one attached hydrogen (secondary N) is 1. The van der Waals surface area contributed by atoms with Crippen molar-refractivity contribution in [3.8, 4) is 0 Å². The van der Waals surface area contributed by atoms with Crippen LogP contribution in [0.15, 0.2) is 16.5 Å². The van der Waals surface area contributed by atoms with Gasteiger partial charge in [-0.1, -0.05) is 0 Å². The van der Waals surface area contributed by atoms with E-state index in [1.165, 1.54) is 0 Å². The molecule has 1 fully saturated rings. The van der Waals surface area contributed by atoms with Crippen LogP contribution in [0.2, 0.25) is 0 Å². The molecule has 0 radical (unpaired) electrons. The Morgan fingerprint density at radius 3 is 2.91 bits per heavy atom. The van der Waals surface area contributed by atoms with Gasteiger partial charge in [-0.25, -0.2) is 4.79 Å². The van der Waals surface area contributed by atoms with Gasteiger partial charge in [0.15, 0.2) is 0 Å². The second-order valence-electron chi connectivity index (χ2n) is 6.02. The summed E-state index contributed by atoms with van der Waals surface area (Å²) in [5.74, 6) is 0.543. The van der Waals surface area contributed by atoms with Crippen LogP contribution < -0.4 is 5.32 Å². The second-order valence-corrected chi connectivity index (χ2v) is 6.02. The zero-order valence-corrected chi connectivity index (χ0v) is 13.2. The van der Waals surface area contributed by atoms with Crippen molar-refractivity contribution in [2.75, 3.05) is 13.1 Å². The first-order valence-corrected chi connectivity index (χ1v) is 7.79. The zero-order chi connectivity index (χ0) is 16.1. The monoisotopic (exact) mass is 308 g/mol. The van der Waals surface area contributed by atoms with E-state index >= 15 is 0 Å². The third-order valence-electron chi connectivity index (χ3n) is 4.05. The molecular formula is C16H24N2O4. The van der Waals surface area contributed by atoms with E-state index in [4.69, 9.17) is 9.52 Å². The highest BCUT2D eigenvalue weighted by Crippen LogP contribution is 2.17. The summed E-state index contributed by atoms with van der Waals surface area (Å²) in [5, 5.41) is 12.0. The quantitative estimate of drug-likeness (QED) is 0.875. The van der Waals surface area contributed by atoms with Crippen LogP contribution in [0.25, 0.3) is 0 Å². The van der Waals surface area contributed by atoms with Crippen LogP contribution in [0.1, 0.15) is 37.7 Å². The van der Waals surface area contributed by atoms with Gasteiger partial charge in [0.25, 0.3) is 0 Å². The topological polar surface area (TPSA) is 82.8 Å². The maximum atomic E-state index is 12.2. The number of carbonyl (C=O) groups is 2. The third-order valence-corrected chi connectivity index (χ3v) is 4.05. The summed E-state index contributed by atoms with van der Waals surface area (Å²) in [5.41, 5.74) is 0. The Hall–Kier alpha value is -1.98. The molecule has 1 aromatic heterocycles. The predicted octanol–water partition coefficient (Wildman–Crippen LogP) is 2.42. The number of aryl methyl sites for hydroxylation is 2. The van der Waals surface area contributed by atoms with Gasteiger partial charge in [-0.3, -0.25) is 4.79 Å². The van der Waals surface area contributed by atoms with Gasteiger partial charge in [-0.15, -0.1) is 0 Å². The van der Waals surface area contributed by atoms with E-state index in [1.807, 2.05) is 26.0 Å². The van der Waals surface area contributed by atoms with E-state index in [1.54, 1.807) is 4.90 Å². The van der Waals surface area contributed by atoms with Gasteiger partial charge in [0, 0.05) is 25.6 Å². The van der Waals surface area contributed by atoms with Crippen LogP contribution in [0, 0.1) is 12.8 Å². The third kappa shape index (κ3) is 4.51. The smallest absolute Gasteiger partial charge is 0.317 e. The summed E-state index contributed by atoms with van der Waals surface area (Å²) < 4.78 is 5.51. The Kier molecular flexibility index (Phi) is 5.46. The lowest BCUT2D eigenvalue weighted by molar-refractivity contribution is -0.143. The number of likely N-dealkylation sites (tertiary alicyclic amines) is 1. The lowest BCUT2D eigenvalue weighted by Gasteiger charge is -2.31. The molecule has 2 amide bonds. The van der Waals surface area contributed by atoms with Crippen molar-refractivity contribution in [3.63, 3.8) is 0 Å². The number of amides is 2. The van der Waals surface area contributed by atoms with Gasteiger partial charge in [0.05, 0.1) is 5.92 Å². The van der Waals surface area contributed by atoms with Crippen LogP contribution in [-0.2, 0) is 11.2 Å². The maximum absolute atomic E-state index is 12.2. The molecule has 0 bridgehead atoms. The zero-order valence-electron chi connectivity index (χ0n) is 13.2. The summed E-state index contributed by atoms with van der Waals surface area (Å²) in [6.45, 7) is 4.78. The summed E-state index contributed by atoms with van der Waals surface area (Å²) in [7, 11) is 0. The van der Waals surface area contributed by atoms with E-state index in [0.29, 0.717) is 19.5 Å². The molecule has 6 heteroatoms. The fourth-order valence-electron chi connectivity index (χ4n) is 2.72. The Morgan fingerprint density at radius 2 is 2.27 bits per heavy atom. The molecule has 2 rings (SSSR count). The molecule has 0 aliphatic carbocycles. The minimum absolute atomic E-state index is 0.0168. The molecule has 2 unspecified atom stereocenters. The van der Waals surface area contributed by atoms with Gasteiger partial charge in [-0.2, -0.15) is 0 Å². The highest BCUT2D eigenvalue weighted by atomic mass is 16.4. The van der Waals surface area contributed by atoms with E-state index in [-0.39, 0.29) is 12.1 Å². The molecule has 2 N–H and O–H groups in total. The van der Waals surface area contributed by atoms with E-state index in [0.717, 1.165) is 30.8 Å². The normalized spacial score (nSPS) is 19.7. The standard InChI is InChI=1S/C16H24N2O4/c1-11(5-7-14-8-6-12(2)22-14)17-16(21)18-9-3-4-13(10-18)15(19)20/h6,8,11,13H,3-5,7,9-10H2,1-2H3,(H,17,21)(H,19,20). The highest BCUT2D eigenvalue weighted by molar-refractivity contribution is 5.76. The van der Waals surface area contributed by atoms with Crippen molar-refractivity contribution >= 4 is 12.0 Å². The number of aliphatic carboxylic acids is 1. The van der Waals surface area contributed by atoms with Crippen LogP contribution in [0.5, 0.6) is 0 Å². The van der Waals surface area contributed by atoms with Gasteiger partial charge >= 0.3 is 12.0 Å². The van der Waals surface area contributed by atoms with Crippen molar-refractivity contribution in [1.82, 2.24) is 10.2 Å². The van der Waals surface area contributed by atoms with Gasteiger partial charge in [-0.05, 0) is 45.2 Å². The minimum Gasteiger partial charge on any atom is -0.481 e. The van der Waals surface area contributed by atoms with Crippen molar-refractivity contribution in [3.05, 3.63) is 23.7 Å². The fourth-order valence-corrected chi connectivity index (χ4v) is 2.72. The molecule has 0 saturated carbocycles. The number of carbonyl (C=O) groups excluding carboxylic acids is 1.